The first kappa shape index (κ1) is 23.6. The van der Waals surface area contributed by atoms with Crippen LogP contribution in [0.4, 0.5) is 4.39 Å². The molecular formula is C22H30FIN4O. The van der Waals surface area contributed by atoms with E-state index in [-0.39, 0.29) is 35.8 Å². The highest BCUT2D eigenvalue weighted by Crippen LogP contribution is 2.22. The molecule has 0 saturated carbocycles. The second kappa shape index (κ2) is 12.8. The van der Waals surface area contributed by atoms with Gasteiger partial charge < -0.3 is 15.4 Å². The minimum Gasteiger partial charge on any atom is -0.379 e. The smallest absolute Gasteiger partial charge is 0.191 e. The van der Waals surface area contributed by atoms with Gasteiger partial charge in [-0.05, 0) is 30.2 Å². The number of hydrogen-bond donors (Lipinski definition) is 2. The van der Waals surface area contributed by atoms with Crippen LogP contribution in [0.25, 0.3) is 0 Å². The lowest BCUT2D eigenvalue weighted by molar-refractivity contribution is 0.0169. The van der Waals surface area contributed by atoms with Gasteiger partial charge in [0, 0.05) is 26.2 Å². The molecule has 1 aliphatic rings. The molecule has 1 atom stereocenters. The fraction of sp³-hybridized carbons (Fsp3) is 0.409. The van der Waals surface area contributed by atoms with E-state index in [0.717, 1.165) is 36.7 Å². The number of nitrogens with zero attached hydrogens (tertiary/aromatic N) is 2. The zero-order valence-corrected chi connectivity index (χ0v) is 19.1. The molecule has 0 bridgehead atoms. The Hall–Kier alpha value is -1.71. The van der Waals surface area contributed by atoms with Crippen molar-refractivity contribution in [1.29, 1.82) is 0 Å². The molecule has 1 unspecified atom stereocenters. The van der Waals surface area contributed by atoms with Crippen molar-refractivity contribution >= 4 is 29.9 Å². The van der Waals surface area contributed by atoms with Gasteiger partial charge in [0.15, 0.2) is 5.96 Å². The number of rotatable bonds is 7. The maximum atomic E-state index is 13.8. The minimum atomic E-state index is -0.208. The summed E-state index contributed by atoms with van der Waals surface area (Å²) >= 11 is 0. The normalized spacial score (nSPS) is 16.0. The molecule has 7 heteroatoms. The van der Waals surface area contributed by atoms with Crippen LogP contribution in [0.2, 0.25) is 0 Å². The van der Waals surface area contributed by atoms with Crippen LogP contribution in [0, 0.1) is 5.82 Å². The lowest BCUT2D eigenvalue weighted by Crippen LogP contribution is -2.46. The quantitative estimate of drug-likeness (QED) is 0.339. The molecule has 5 nitrogen and oxygen atoms in total. The average Bonchev–Trinajstić information content (AvgIpc) is 2.74. The first-order chi connectivity index (χ1) is 13.8. The maximum absolute atomic E-state index is 13.8. The fourth-order valence-corrected chi connectivity index (χ4v) is 3.35. The van der Waals surface area contributed by atoms with Gasteiger partial charge in [0.05, 0.1) is 25.8 Å². The molecule has 1 aliphatic heterocycles. The van der Waals surface area contributed by atoms with Crippen LogP contribution in [-0.4, -0.2) is 50.3 Å². The molecule has 29 heavy (non-hydrogen) atoms. The zero-order chi connectivity index (χ0) is 19.6. The van der Waals surface area contributed by atoms with Gasteiger partial charge in [-0.3, -0.25) is 4.90 Å². The summed E-state index contributed by atoms with van der Waals surface area (Å²) in [6.07, 6.45) is 0. The summed E-state index contributed by atoms with van der Waals surface area (Å²) in [4.78, 5) is 7.03. The van der Waals surface area contributed by atoms with Crippen LogP contribution in [-0.2, 0) is 11.3 Å². The Bertz CT molecular complexity index is 753. The van der Waals surface area contributed by atoms with E-state index in [1.165, 1.54) is 6.07 Å². The molecule has 1 saturated heterocycles. The molecule has 3 rings (SSSR count). The molecule has 2 aromatic carbocycles. The Morgan fingerprint density at radius 2 is 1.86 bits per heavy atom. The minimum absolute atomic E-state index is 0. The van der Waals surface area contributed by atoms with Gasteiger partial charge in [0.2, 0.25) is 0 Å². The van der Waals surface area contributed by atoms with Crippen LogP contribution in [0.5, 0.6) is 0 Å². The van der Waals surface area contributed by atoms with E-state index in [4.69, 9.17) is 4.74 Å². The van der Waals surface area contributed by atoms with E-state index in [1.54, 1.807) is 12.1 Å². The van der Waals surface area contributed by atoms with E-state index < -0.39 is 0 Å². The number of hydrogen-bond acceptors (Lipinski definition) is 3. The molecule has 2 aromatic rings. The molecule has 0 radical (unpaired) electrons. The van der Waals surface area contributed by atoms with E-state index in [2.05, 4.69) is 32.7 Å². The van der Waals surface area contributed by atoms with Crippen molar-refractivity contribution in [1.82, 2.24) is 15.5 Å². The Kier molecular flexibility index (Phi) is 10.4. The largest absolute Gasteiger partial charge is 0.379 e. The highest BCUT2D eigenvalue weighted by molar-refractivity contribution is 14.0. The maximum Gasteiger partial charge on any atom is 0.191 e. The number of ether oxygens (including phenoxy) is 1. The van der Waals surface area contributed by atoms with E-state index in [9.17, 15) is 4.39 Å². The highest BCUT2D eigenvalue weighted by atomic mass is 127. The van der Waals surface area contributed by atoms with Crippen molar-refractivity contribution in [3.05, 3.63) is 71.5 Å². The Labute approximate surface area is 189 Å². The number of halogens is 2. The van der Waals surface area contributed by atoms with Crippen LogP contribution in [0.3, 0.4) is 0 Å². The standard InChI is InChI=1S/C22H29FN4O.HI/c1-2-24-22(25-16-18-7-4-3-5-8-18)26-17-21(27-11-13-28-14-12-27)19-9-6-10-20(23)15-19;/h3-10,15,21H,2,11-14,16-17H2,1H3,(H2,24,25,26);1H. The zero-order valence-electron chi connectivity index (χ0n) is 16.8. The number of nitrogens with one attached hydrogen (secondary N) is 2. The molecular weight excluding hydrogens is 482 g/mol. The molecule has 0 aliphatic carbocycles. The van der Waals surface area contributed by atoms with Crippen molar-refractivity contribution in [3.8, 4) is 0 Å². The first-order valence-electron chi connectivity index (χ1n) is 9.89. The summed E-state index contributed by atoms with van der Waals surface area (Å²) in [5.41, 5.74) is 2.13. The van der Waals surface area contributed by atoms with Gasteiger partial charge in [0.1, 0.15) is 5.82 Å². The van der Waals surface area contributed by atoms with Gasteiger partial charge in [-0.2, -0.15) is 0 Å². The third-order valence-corrected chi connectivity index (χ3v) is 4.79. The average molecular weight is 512 g/mol. The molecule has 2 N–H and O–H groups in total. The predicted molar refractivity (Wildman–Crippen MR) is 126 cm³/mol. The molecule has 0 amide bonds. The molecule has 0 spiro atoms. The van der Waals surface area contributed by atoms with Crippen LogP contribution in [0.1, 0.15) is 24.1 Å². The monoisotopic (exact) mass is 512 g/mol. The van der Waals surface area contributed by atoms with Crippen LogP contribution in [0.15, 0.2) is 59.6 Å². The summed E-state index contributed by atoms with van der Waals surface area (Å²) < 4.78 is 19.3. The third-order valence-electron chi connectivity index (χ3n) is 4.79. The summed E-state index contributed by atoms with van der Waals surface area (Å²) in [5, 5.41) is 6.74. The van der Waals surface area contributed by atoms with E-state index >= 15 is 0 Å². The van der Waals surface area contributed by atoms with Crippen LogP contribution >= 0.6 is 24.0 Å². The topological polar surface area (TPSA) is 48.9 Å². The van der Waals surface area contributed by atoms with Crippen molar-refractivity contribution in [2.75, 3.05) is 39.4 Å². The number of guanidine groups is 1. The van der Waals surface area contributed by atoms with Gasteiger partial charge in [-0.25, -0.2) is 9.38 Å². The number of benzene rings is 2. The van der Waals surface area contributed by atoms with Crippen molar-refractivity contribution in [2.24, 2.45) is 4.99 Å². The van der Waals surface area contributed by atoms with Crippen molar-refractivity contribution in [3.63, 3.8) is 0 Å². The second-order valence-corrected chi connectivity index (χ2v) is 6.78. The van der Waals surface area contributed by atoms with Gasteiger partial charge >= 0.3 is 0 Å². The van der Waals surface area contributed by atoms with Gasteiger partial charge in [0.25, 0.3) is 0 Å². The summed E-state index contributed by atoms with van der Waals surface area (Å²) in [5.74, 6) is 0.557. The SMILES string of the molecule is CCNC(=NCc1ccccc1)NCC(c1cccc(F)c1)N1CCOCC1.I. The van der Waals surface area contributed by atoms with Crippen molar-refractivity contribution < 1.29 is 9.13 Å². The van der Waals surface area contributed by atoms with Crippen molar-refractivity contribution in [2.45, 2.75) is 19.5 Å². The molecule has 1 fully saturated rings. The third kappa shape index (κ3) is 7.56. The fourth-order valence-electron chi connectivity index (χ4n) is 3.35. The summed E-state index contributed by atoms with van der Waals surface area (Å²) in [7, 11) is 0. The van der Waals surface area contributed by atoms with Gasteiger partial charge in [-0.15, -0.1) is 24.0 Å². The second-order valence-electron chi connectivity index (χ2n) is 6.78. The highest BCUT2D eigenvalue weighted by Gasteiger charge is 2.23. The first-order valence-corrected chi connectivity index (χ1v) is 9.89. The van der Waals surface area contributed by atoms with Gasteiger partial charge in [-0.1, -0.05) is 42.5 Å². The summed E-state index contributed by atoms with van der Waals surface area (Å²) in [6.45, 7) is 7.15. The van der Waals surface area contributed by atoms with Crippen LogP contribution < -0.4 is 10.6 Å². The predicted octanol–water partition coefficient (Wildman–Crippen LogP) is 3.57. The Morgan fingerprint density at radius 1 is 1.10 bits per heavy atom. The Morgan fingerprint density at radius 3 is 2.55 bits per heavy atom. The molecule has 1 heterocycles. The number of aliphatic imine (C=N–C) groups is 1. The molecule has 0 aromatic heterocycles. The lowest BCUT2D eigenvalue weighted by atomic mass is 10.0. The van der Waals surface area contributed by atoms with E-state index in [0.29, 0.717) is 26.3 Å². The lowest BCUT2D eigenvalue weighted by Gasteiger charge is -2.35. The summed E-state index contributed by atoms with van der Waals surface area (Å²) in [6, 6.07) is 17.1. The number of morpholine rings is 1. The Balaban J connectivity index is 0.00000300. The van der Waals surface area contributed by atoms with E-state index in [1.807, 2.05) is 31.2 Å². The molecule has 158 valence electrons.